The van der Waals surface area contributed by atoms with Crippen LogP contribution in [0.2, 0.25) is 0 Å². The van der Waals surface area contributed by atoms with Gasteiger partial charge in [0, 0.05) is 24.2 Å². The van der Waals surface area contributed by atoms with Crippen molar-refractivity contribution >= 4 is 5.91 Å². The first-order valence-corrected chi connectivity index (χ1v) is 9.02. The summed E-state index contributed by atoms with van der Waals surface area (Å²) in [5.41, 5.74) is 4.25. The molecule has 1 fully saturated rings. The molecule has 128 valence electrons. The molecule has 0 atom stereocenters. The minimum Gasteiger partial charge on any atom is -0.352 e. The highest BCUT2D eigenvalue weighted by molar-refractivity contribution is 5.76. The molecule has 1 aromatic carbocycles. The van der Waals surface area contributed by atoms with Crippen LogP contribution < -0.4 is 5.32 Å². The van der Waals surface area contributed by atoms with Crippen LogP contribution in [0.5, 0.6) is 0 Å². The van der Waals surface area contributed by atoms with Gasteiger partial charge in [0.1, 0.15) is 0 Å². The molecule has 1 aromatic heterocycles. The predicted molar refractivity (Wildman–Crippen MR) is 96.1 cm³/mol. The van der Waals surface area contributed by atoms with E-state index < -0.39 is 0 Å². The Morgan fingerprint density at radius 1 is 1.17 bits per heavy atom. The van der Waals surface area contributed by atoms with E-state index in [2.05, 4.69) is 17.3 Å². The Morgan fingerprint density at radius 3 is 2.58 bits per heavy atom. The summed E-state index contributed by atoms with van der Waals surface area (Å²) in [6.07, 6.45) is 6.97. The van der Waals surface area contributed by atoms with Crippen molar-refractivity contribution in [3.63, 3.8) is 0 Å². The number of carbonyl (C=O) groups is 1. The van der Waals surface area contributed by atoms with E-state index in [1.807, 2.05) is 41.9 Å². The Kier molecular flexibility index (Phi) is 5.34. The number of nitrogens with zero attached hydrogens (tertiary/aromatic N) is 2. The van der Waals surface area contributed by atoms with Crippen LogP contribution in [0.4, 0.5) is 0 Å². The Morgan fingerprint density at radius 2 is 1.88 bits per heavy atom. The quantitative estimate of drug-likeness (QED) is 0.900. The van der Waals surface area contributed by atoms with Gasteiger partial charge in [-0.1, -0.05) is 37.5 Å². The van der Waals surface area contributed by atoms with E-state index in [1.165, 1.54) is 32.1 Å². The summed E-state index contributed by atoms with van der Waals surface area (Å²) in [4.78, 5) is 12.2. The van der Waals surface area contributed by atoms with Gasteiger partial charge in [-0.3, -0.25) is 4.79 Å². The van der Waals surface area contributed by atoms with Gasteiger partial charge >= 0.3 is 0 Å². The molecular weight excluding hydrogens is 298 g/mol. The highest BCUT2D eigenvalue weighted by atomic mass is 16.1. The maximum Gasteiger partial charge on any atom is 0.220 e. The lowest BCUT2D eigenvalue weighted by atomic mass is 9.87. The molecule has 4 heteroatoms. The molecule has 0 radical (unpaired) electrons. The number of carbonyl (C=O) groups excluding carboxylic acids is 1. The molecule has 1 saturated carbocycles. The second-order valence-electron chi connectivity index (χ2n) is 6.88. The monoisotopic (exact) mass is 325 g/mol. The molecule has 0 spiro atoms. The fraction of sp³-hybridized carbons (Fsp3) is 0.500. The molecule has 4 nitrogen and oxygen atoms in total. The van der Waals surface area contributed by atoms with Crippen molar-refractivity contribution in [2.24, 2.45) is 5.92 Å². The number of para-hydroxylation sites is 1. The van der Waals surface area contributed by atoms with E-state index in [-0.39, 0.29) is 5.91 Å². The average molecular weight is 325 g/mol. The first kappa shape index (κ1) is 16.7. The lowest BCUT2D eigenvalue weighted by molar-refractivity contribution is -0.122. The molecule has 24 heavy (non-hydrogen) atoms. The zero-order chi connectivity index (χ0) is 16.9. The van der Waals surface area contributed by atoms with Crippen molar-refractivity contribution in [3.05, 3.63) is 47.3 Å². The zero-order valence-corrected chi connectivity index (χ0v) is 14.7. The van der Waals surface area contributed by atoms with E-state index in [4.69, 9.17) is 0 Å². The lowest BCUT2D eigenvalue weighted by Crippen LogP contribution is -2.26. The summed E-state index contributed by atoms with van der Waals surface area (Å²) in [5, 5.41) is 7.74. The van der Waals surface area contributed by atoms with Crippen molar-refractivity contribution in [3.8, 4) is 5.69 Å². The minimum absolute atomic E-state index is 0.174. The minimum atomic E-state index is 0.174. The molecule has 3 rings (SSSR count). The van der Waals surface area contributed by atoms with Crippen LogP contribution in [0.25, 0.3) is 5.69 Å². The summed E-state index contributed by atoms with van der Waals surface area (Å²) in [6, 6.07) is 10.1. The summed E-state index contributed by atoms with van der Waals surface area (Å²) in [5.74, 6) is 0.751. The number of benzene rings is 1. The van der Waals surface area contributed by atoms with Crippen LogP contribution in [-0.4, -0.2) is 15.7 Å². The second-order valence-corrected chi connectivity index (χ2v) is 6.88. The van der Waals surface area contributed by atoms with Gasteiger partial charge in [0.05, 0.1) is 11.4 Å². The van der Waals surface area contributed by atoms with Gasteiger partial charge in [0.15, 0.2) is 0 Å². The van der Waals surface area contributed by atoms with Crippen molar-refractivity contribution in [2.45, 2.75) is 58.9 Å². The molecule has 1 aliphatic carbocycles. The molecule has 1 aliphatic rings. The van der Waals surface area contributed by atoms with Crippen LogP contribution in [0.1, 0.15) is 55.5 Å². The number of nitrogens with one attached hydrogen (secondary N) is 1. The number of rotatable bonds is 5. The van der Waals surface area contributed by atoms with Gasteiger partial charge < -0.3 is 5.32 Å². The number of hydrogen-bond acceptors (Lipinski definition) is 2. The second kappa shape index (κ2) is 7.65. The summed E-state index contributed by atoms with van der Waals surface area (Å²) >= 11 is 0. The summed E-state index contributed by atoms with van der Waals surface area (Å²) in [6.45, 7) is 4.64. The summed E-state index contributed by atoms with van der Waals surface area (Å²) in [7, 11) is 0. The van der Waals surface area contributed by atoms with Crippen molar-refractivity contribution in [2.75, 3.05) is 0 Å². The van der Waals surface area contributed by atoms with Crippen molar-refractivity contribution in [1.29, 1.82) is 0 Å². The molecule has 0 saturated heterocycles. The normalized spacial score (nSPS) is 15.4. The van der Waals surface area contributed by atoms with E-state index in [0.717, 1.165) is 22.6 Å². The third kappa shape index (κ3) is 3.86. The van der Waals surface area contributed by atoms with Gasteiger partial charge in [-0.2, -0.15) is 5.10 Å². The van der Waals surface area contributed by atoms with Gasteiger partial charge in [-0.15, -0.1) is 0 Å². The van der Waals surface area contributed by atoms with E-state index in [1.54, 1.807) is 0 Å². The Bertz CT molecular complexity index is 684. The van der Waals surface area contributed by atoms with Crippen LogP contribution >= 0.6 is 0 Å². The lowest BCUT2D eigenvalue weighted by Gasteiger charge is -2.20. The molecule has 2 aromatic rings. The van der Waals surface area contributed by atoms with Gasteiger partial charge in [-0.25, -0.2) is 4.68 Å². The molecule has 0 unspecified atom stereocenters. The standard InChI is InChI=1S/C20H27N3O/c1-15-19(14-21-20(24)13-17-9-5-3-6-10-17)16(2)23(22-15)18-11-7-4-8-12-18/h4,7-8,11-12,17H,3,5-6,9-10,13-14H2,1-2H3,(H,21,24). The molecular formula is C20H27N3O. The largest absolute Gasteiger partial charge is 0.352 e. The first-order chi connectivity index (χ1) is 11.6. The van der Waals surface area contributed by atoms with Crippen LogP contribution in [0.3, 0.4) is 0 Å². The first-order valence-electron chi connectivity index (χ1n) is 9.02. The smallest absolute Gasteiger partial charge is 0.220 e. The maximum atomic E-state index is 12.2. The topological polar surface area (TPSA) is 46.9 Å². The van der Waals surface area contributed by atoms with E-state index in [9.17, 15) is 4.79 Å². The van der Waals surface area contributed by atoms with Crippen molar-refractivity contribution in [1.82, 2.24) is 15.1 Å². The third-order valence-electron chi connectivity index (χ3n) is 5.10. The average Bonchev–Trinajstić information content (AvgIpc) is 2.89. The van der Waals surface area contributed by atoms with Gasteiger partial charge in [0.25, 0.3) is 0 Å². The number of aromatic nitrogens is 2. The van der Waals surface area contributed by atoms with Crippen LogP contribution in [0, 0.1) is 19.8 Å². The van der Waals surface area contributed by atoms with Crippen LogP contribution in [0.15, 0.2) is 30.3 Å². The SMILES string of the molecule is Cc1nn(-c2ccccc2)c(C)c1CNC(=O)CC1CCCCC1. The number of hydrogen-bond donors (Lipinski definition) is 1. The van der Waals surface area contributed by atoms with Gasteiger partial charge in [-0.05, 0) is 44.7 Å². The van der Waals surface area contributed by atoms with E-state index >= 15 is 0 Å². The van der Waals surface area contributed by atoms with Crippen molar-refractivity contribution < 1.29 is 4.79 Å². The Balaban J connectivity index is 1.63. The Hall–Kier alpha value is -2.10. The highest BCUT2D eigenvalue weighted by Crippen LogP contribution is 2.26. The highest BCUT2D eigenvalue weighted by Gasteiger charge is 2.18. The predicted octanol–water partition coefficient (Wildman–Crippen LogP) is 4.08. The number of aryl methyl sites for hydroxylation is 1. The van der Waals surface area contributed by atoms with Crippen LogP contribution in [-0.2, 0) is 11.3 Å². The fourth-order valence-electron chi connectivity index (χ4n) is 3.66. The molecule has 1 heterocycles. The molecule has 0 bridgehead atoms. The van der Waals surface area contributed by atoms with Gasteiger partial charge in [0.2, 0.25) is 5.91 Å². The molecule has 1 N–H and O–H groups in total. The van der Waals surface area contributed by atoms with E-state index in [0.29, 0.717) is 18.9 Å². The summed E-state index contributed by atoms with van der Waals surface area (Å²) < 4.78 is 1.96. The Labute approximate surface area is 144 Å². The number of amides is 1. The maximum absolute atomic E-state index is 12.2. The third-order valence-corrected chi connectivity index (χ3v) is 5.10. The molecule has 1 amide bonds. The molecule has 0 aliphatic heterocycles. The zero-order valence-electron chi connectivity index (χ0n) is 14.7. The fourth-order valence-corrected chi connectivity index (χ4v) is 3.66.